The zero-order valence-electron chi connectivity index (χ0n) is 18.4. The fraction of sp³-hybridized carbons (Fsp3) is 0.435. The summed E-state index contributed by atoms with van der Waals surface area (Å²) in [5, 5.41) is 0. The minimum absolute atomic E-state index is 0.159. The van der Waals surface area contributed by atoms with Crippen LogP contribution in [0.25, 0.3) is 0 Å². The third-order valence-corrected chi connectivity index (χ3v) is 7.19. The van der Waals surface area contributed by atoms with Gasteiger partial charge in [-0.05, 0) is 76.3 Å². The summed E-state index contributed by atoms with van der Waals surface area (Å²) in [6, 6.07) is 6.76. The van der Waals surface area contributed by atoms with Crippen molar-refractivity contribution in [1.29, 1.82) is 0 Å². The molecule has 3 rings (SSSR count). The highest BCUT2D eigenvalue weighted by Gasteiger charge is 2.36. The molecule has 1 aliphatic heterocycles. The number of ether oxygens (including phenoxy) is 2. The Morgan fingerprint density at radius 3 is 2.33 bits per heavy atom. The van der Waals surface area contributed by atoms with Gasteiger partial charge in [-0.1, -0.05) is 17.7 Å². The van der Waals surface area contributed by atoms with Crippen molar-refractivity contribution in [3.8, 4) is 11.5 Å². The molecule has 2 aromatic carbocycles. The molecule has 0 amide bonds. The molecule has 2 aromatic rings. The second-order valence-electron chi connectivity index (χ2n) is 8.30. The molecule has 0 bridgehead atoms. The van der Waals surface area contributed by atoms with E-state index < -0.39 is 15.6 Å². The smallest absolute Gasteiger partial charge is 0.308 e. The van der Waals surface area contributed by atoms with Gasteiger partial charge < -0.3 is 9.47 Å². The molecule has 0 saturated carbocycles. The lowest BCUT2D eigenvalue weighted by atomic mass is 9.87. The summed E-state index contributed by atoms with van der Waals surface area (Å²) in [6.45, 7) is 11.1. The van der Waals surface area contributed by atoms with Gasteiger partial charge in [0.2, 0.25) is 10.0 Å². The standard InChI is InChI=1S/C23H29NO5S/c1-14-7-9-19(10-8-14)30(26,27)24-13-23(6)12-11-20-17(4)21(28-18(5)25)15(2)16(3)22(20)29-23/h7-10,24H,11-13H2,1-6H3. The van der Waals surface area contributed by atoms with Crippen molar-refractivity contribution in [2.45, 2.75) is 64.9 Å². The lowest BCUT2D eigenvalue weighted by Gasteiger charge is -2.38. The van der Waals surface area contributed by atoms with Crippen molar-refractivity contribution >= 4 is 16.0 Å². The second kappa shape index (κ2) is 8.04. The monoisotopic (exact) mass is 431 g/mol. The van der Waals surface area contributed by atoms with E-state index in [1.54, 1.807) is 24.3 Å². The molecule has 1 heterocycles. The Morgan fingerprint density at radius 2 is 1.73 bits per heavy atom. The minimum Gasteiger partial charge on any atom is -0.486 e. The number of benzene rings is 2. The van der Waals surface area contributed by atoms with E-state index in [9.17, 15) is 13.2 Å². The summed E-state index contributed by atoms with van der Waals surface area (Å²) in [4.78, 5) is 11.7. The predicted octanol–water partition coefficient (Wildman–Crippen LogP) is 3.91. The van der Waals surface area contributed by atoms with Crippen molar-refractivity contribution in [2.24, 2.45) is 0 Å². The maximum Gasteiger partial charge on any atom is 0.308 e. The number of sulfonamides is 1. The van der Waals surface area contributed by atoms with E-state index in [2.05, 4.69) is 4.72 Å². The number of esters is 1. The number of hydrogen-bond donors (Lipinski definition) is 1. The van der Waals surface area contributed by atoms with Crippen LogP contribution < -0.4 is 14.2 Å². The van der Waals surface area contributed by atoms with Crippen LogP contribution in [0.5, 0.6) is 11.5 Å². The first kappa shape index (κ1) is 22.3. The molecule has 30 heavy (non-hydrogen) atoms. The highest BCUT2D eigenvalue weighted by atomic mass is 32.2. The fourth-order valence-electron chi connectivity index (χ4n) is 3.75. The molecular formula is C23H29NO5S. The van der Waals surface area contributed by atoms with E-state index in [1.807, 2.05) is 34.6 Å². The zero-order chi connectivity index (χ0) is 22.3. The Morgan fingerprint density at radius 1 is 1.10 bits per heavy atom. The number of hydrogen-bond acceptors (Lipinski definition) is 5. The molecule has 1 atom stereocenters. The molecule has 162 valence electrons. The maximum atomic E-state index is 12.7. The van der Waals surface area contributed by atoms with E-state index >= 15 is 0 Å². The summed E-state index contributed by atoms with van der Waals surface area (Å²) in [5.41, 5.74) is 3.98. The number of fused-ring (bicyclic) bond motifs is 1. The van der Waals surface area contributed by atoms with Crippen molar-refractivity contribution in [3.05, 3.63) is 52.1 Å². The highest BCUT2D eigenvalue weighted by molar-refractivity contribution is 7.89. The van der Waals surface area contributed by atoms with Gasteiger partial charge in [-0.2, -0.15) is 0 Å². The molecule has 1 aliphatic rings. The molecule has 0 fully saturated rings. The van der Waals surface area contributed by atoms with Gasteiger partial charge in [0.1, 0.15) is 17.1 Å². The van der Waals surface area contributed by atoms with Crippen molar-refractivity contribution in [1.82, 2.24) is 4.72 Å². The fourth-order valence-corrected chi connectivity index (χ4v) is 4.91. The number of aryl methyl sites for hydroxylation is 1. The van der Waals surface area contributed by atoms with Gasteiger partial charge in [0.15, 0.2) is 0 Å². The molecule has 0 aliphatic carbocycles. The molecule has 0 saturated heterocycles. The Hall–Kier alpha value is -2.38. The van der Waals surface area contributed by atoms with Crippen LogP contribution in [0.1, 0.15) is 48.1 Å². The summed E-state index contributed by atoms with van der Waals surface area (Å²) >= 11 is 0. The molecule has 0 spiro atoms. The second-order valence-corrected chi connectivity index (χ2v) is 10.1. The quantitative estimate of drug-likeness (QED) is 0.573. The Bertz CT molecular complexity index is 1090. The van der Waals surface area contributed by atoms with Crippen LogP contribution in [0.15, 0.2) is 29.2 Å². The van der Waals surface area contributed by atoms with Crippen molar-refractivity contribution < 1.29 is 22.7 Å². The van der Waals surface area contributed by atoms with Gasteiger partial charge >= 0.3 is 5.97 Å². The third kappa shape index (κ3) is 4.37. The van der Waals surface area contributed by atoms with Crippen LogP contribution in [0, 0.1) is 27.7 Å². The Labute approximate surface area is 178 Å². The normalized spacial score (nSPS) is 18.5. The van der Waals surface area contributed by atoms with E-state index in [0.717, 1.165) is 33.6 Å². The van der Waals surface area contributed by atoms with Crippen LogP contribution in [-0.2, 0) is 21.2 Å². The summed E-state index contributed by atoms with van der Waals surface area (Å²) in [7, 11) is -3.63. The van der Waals surface area contributed by atoms with Gasteiger partial charge in [-0.15, -0.1) is 0 Å². The van der Waals surface area contributed by atoms with Crippen LogP contribution in [0.2, 0.25) is 0 Å². The minimum atomic E-state index is -3.63. The SMILES string of the molecule is CC(=O)Oc1c(C)c(C)c2c(c1C)CCC(C)(CNS(=O)(=O)c1ccc(C)cc1)O2. The van der Waals surface area contributed by atoms with Gasteiger partial charge in [-0.3, -0.25) is 4.79 Å². The van der Waals surface area contributed by atoms with E-state index in [4.69, 9.17) is 9.47 Å². The first-order valence-corrected chi connectivity index (χ1v) is 11.5. The molecule has 0 radical (unpaired) electrons. The molecule has 6 nitrogen and oxygen atoms in total. The maximum absolute atomic E-state index is 12.7. The van der Waals surface area contributed by atoms with Gasteiger partial charge in [0.25, 0.3) is 0 Å². The first-order chi connectivity index (χ1) is 13.9. The van der Waals surface area contributed by atoms with Gasteiger partial charge in [-0.25, -0.2) is 13.1 Å². The van der Waals surface area contributed by atoms with E-state index in [-0.39, 0.29) is 17.4 Å². The number of carbonyl (C=O) groups is 1. The topological polar surface area (TPSA) is 81.7 Å². The predicted molar refractivity (Wildman–Crippen MR) is 116 cm³/mol. The Balaban J connectivity index is 1.84. The van der Waals surface area contributed by atoms with Crippen molar-refractivity contribution in [3.63, 3.8) is 0 Å². The van der Waals surface area contributed by atoms with Crippen LogP contribution in [0.3, 0.4) is 0 Å². The number of carbonyl (C=O) groups excluding carboxylic acids is 1. The summed E-state index contributed by atoms with van der Waals surface area (Å²) < 4.78 is 39.9. The van der Waals surface area contributed by atoms with Crippen LogP contribution in [-0.4, -0.2) is 26.5 Å². The molecule has 0 aromatic heterocycles. The third-order valence-electron chi connectivity index (χ3n) is 5.78. The Kier molecular flexibility index (Phi) is 5.98. The molecule has 1 N–H and O–H groups in total. The molecule has 7 heteroatoms. The lowest BCUT2D eigenvalue weighted by molar-refractivity contribution is -0.132. The summed E-state index contributed by atoms with van der Waals surface area (Å²) in [6.07, 6.45) is 1.35. The van der Waals surface area contributed by atoms with Gasteiger partial charge in [0, 0.05) is 12.5 Å². The van der Waals surface area contributed by atoms with Crippen molar-refractivity contribution in [2.75, 3.05) is 6.54 Å². The number of rotatable bonds is 5. The highest BCUT2D eigenvalue weighted by Crippen LogP contribution is 2.43. The molecular weight excluding hydrogens is 402 g/mol. The number of nitrogens with one attached hydrogen (secondary N) is 1. The first-order valence-electron chi connectivity index (χ1n) is 10.00. The zero-order valence-corrected chi connectivity index (χ0v) is 19.2. The largest absolute Gasteiger partial charge is 0.486 e. The van der Waals surface area contributed by atoms with Crippen LogP contribution >= 0.6 is 0 Å². The summed E-state index contributed by atoms with van der Waals surface area (Å²) in [5.74, 6) is 0.989. The molecule has 1 unspecified atom stereocenters. The average molecular weight is 432 g/mol. The van der Waals surface area contributed by atoms with Crippen LogP contribution in [0.4, 0.5) is 0 Å². The lowest BCUT2D eigenvalue weighted by Crippen LogP contribution is -2.47. The average Bonchev–Trinajstić information content (AvgIpc) is 2.68. The van der Waals surface area contributed by atoms with E-state index in [0.29, 0.717) is 18.6 Å². The van der Waals surface area contributed by atoms with Gasteiger partial charge in [0.05, 0.1) is 11.4 Å². The van der Waals surface area contributed by atoms with E-state index in [1.165, 1.54) is 6.92 Å².